The predicted molar refractivity (Wildman–Crippen MR) is 91.1 cm³/mol. The van der Waals surface area contributed by atoms with Crippen LogP contribution in [0, 0.1) is 0 Å². The Hall–Kier alpha value is -1.72. The number of nitrogens with zero attached hydrogens (tertiary/aromatic N) is 1. The van der Waals surface area contributed by atoms with Crippen molar-refractivity contribution in [2.45, 2.75) is 13.3 Å². The molecule has 1 N–H and O–H groups in total. The Bertz CT molecular complexity index is 813. The van der Waals surface area contributed by atoms with Crippen LogP contribution >= 0.6 is 27.3 Å². The zero-order valence-electron chi connectivity index (χ0n) is 11.4. The van der Waals surface area contributed by atoms with E-state index in [1.807, 2.05) is 24.3 Å². The van der Waals surface area contributed by atoms with Crippen LogP contribution in [-0.4, -0.2) is 10.9 Å². The topological polar surface area (TPSA) is 42.0 Å². The van der Waals surface area contributed by atoms with Crippen LogP contribution in [0.15, 0.2) is 46.9 Å². The largest absolute Gasteiger partial charge is 0.298 e. The van der Waals surface area contributed by atoms with Crippen LogP contribution in [-0.2, 0) is 6.42 Å². The average Bonchev–Trinajstić information content (AvgIpc) is 2.88. The summed E-state index contributed by atoms with van der Waals surface area (Å²) in [6.07, 6.45) is 0.993. The summed E-state index contributed by atoms with van der Waals surface area (Å²) in [5.41, 5.74) is 2.79. The summed E-state index contributed by atoms with van der Waals surface area (Å²) >= 11 is 4.88. The van der Waals surface area contributed by atoms with Crippen LogP contribution in [0.2, 0.25) is 0 Å². The molecule has 3 nitrogen and oxygen atoms in total. The van der Waals surface area contributed by atoms with E-state index < -0.39 is 0 Å². The Morgan fingerprint density at radius 1 is 1.29 bits per heavy atom. The number of anilines is 1. The normalized spacial score (nSPS) is 10.8. The number of thiazole rings is 1. The fourth-order valence-electron chi connectivity index (χ4n) is 2.05. The zero-order chi connectivity index (χ0) is 14.8. The van der Waals surface area contributed by atoms with E-state index in [0.717, 1.165) is 21.1 Å². The van der Waals surface area contributed by atoms with E-state index in [1.165, 1.54) is 16.9 Å². The van der Waals surface area contributed by atoms with Crippen molar-refractivity contribution in [3.63, 3.8) is 0 Å². The maximum absolute atomic E-state index is 12.3. The summed E-state index contributed by atoms with van der Waals surface area (Å²) in [5, 5.41) is 3.49. The van der Waals surface area contributed by atoms with Gasteiger partial charge in [0.2, 0.25) is 0 Å². The highest BCUT2D eigenvalue weighted by molar-refractivity contribution is 9.10. The summed E-state index contributed by atoms with van der Waals surface area (Å²) in [6.45, 7) is 2.12. The van der Waals surface area contributed by atoms with Crippen molar-refractivity contribution in [2.24, 2.45) is 0 Å². The van der Waals surface area contributed by atoms with Crippen LogP contribution in [0.1, 0.15) is 22.8 Å². The van der Waals surface area contributed by atoms with Gasteiger partial charge in [0.15, 0.2) is 5.13 Å². The molecule has 3 rings (SSSR count). The van der Waals surface area contributed by atoms with Gasteiger partial charge < -0.3 is 0 Å². The average molecular weight is 361 g/mol. The highest BCUT2D eigenvalue weighted by Crippen LogP contribution is 2.28. The molecule has 0 saturated heterocycles. The van der Waals surface area contributed by atoms with E-state index in [4.69, 9.17) is 0 Å². The van der Waals surface area contributed by atoms with Gasteiger partial charge in [-0.2, -0.15) is 0 Å². The molecule has 0 spiro atoms. The predicted octanol–water partition coefficient (Wildman–Crippen LogP) is 4.87. The molecule has 1 heterocycles. The van der Waals surface area contributed by atoms with Gasteiger partial charge in [0, 0.05) is 4.47 Å². The van der Waals surface area contributed by atoms with E-state index in [9.17, 15) is 4.79 Å². The van der Waals surface area contributed by atoms with E-state index >= 15 is 0 Å². The van der Waals surface area contributed by atoms with Gasteiger partial charge in [-0.05, 0) is 52.2 Å². The molecule has 1 amide bonds. The molecule has 5 heteroatoms. The van der Waals surface area contributed by atoms with Crippen molar-refractivity contribution in [2.75, 3.05) is 5.32 Å². The number of aryl methyl sites for hydroxylation is 1. The first-order chi connectivity index (χ1) is 10.2. The number of hydrogen-bond acceptors (Lipinski definition) is 3. The minimum atomic E-state index is -0.155. The van der Waals surface area contributed by atoms with Gasteiger partial charge in [-0.1, -0.05) is 36.5 Å². The highest BCUT2D eigenvalue weighted by Gasteiger charge is 2.12. The van der Waals surface area contributed by atoms with E-state index in [-0.39, 0.29) is 5.91 Å². The molecule has 0 aliphatic heterocycles. The molecular weight excluding hydrogens is 348 g/mol. The molecular formula is C16H13BrN2OS. The second-order valence-electron chi connectivity index (χ2n) is 4.61. The fourth-order valence-corrected chi connectivity index (χ4v) is 3.44. The van der Waals surface area contributed by atoms with Gasteiger partial charge in [-0.15, -0.1) is 0 Å². The monoisotopic (exact) mass is 360 g/mol. The molecule has 0 aliphatic carbocycles. The molecule has 0 saturated carbocycles. The first-order valence-corrected chi connectivity index (χ1v) is 8.23. The lowest BCUT2D eigenvalue weighted by molar-refractivity contribution is 0.102. The first-order valence-electron chi connectivity index (χ1n) is 6.62. The van der Waals surface area contributed by atoms with Crippen LogP contribution in [0.4, 0.5) is 5.13 Å². The molecule has 0 atom stereocenters. The number of rotatable bonds is 3. The van der Waals surface area contributed by atoms with Crippen LogP contribution in [0.25, 0.3) is 10.2 Å². The Labute approximate surface area is 135 Å². The number of aromatic nitrogens is 1. The zero-order valence-corrected chi connectivity index (χ0v) is 13.8. The van der Waals surface area contributed by atoms with Gasteiger partial charge in [0.25, 0.3) is 5.91 Å². The molecule has 0 unspecified atom stereocenters. The van der Waals surface area contributed by atoms with Crippen molar-refractivity contribution in [1.29, 1.82) is 0 Å². The van der Waals surface area contributed by atoms with Crippen LogP contribution < -0.4 is 5.32 Å². The maximum Gasteiger partial charge on any atom is 0.258 e. The van der Waals surface area contributed by atoms with Gasteiger partial charge >= 0.3 is 0 Å². The Kier molecular flexibility index (Phi) is 4.03. The van der Waals surface area contributed by atoms with E-state index in [1.54, 1.807) is 6.07 Å². The molecule has 106 valence electrons. The van der Waals surface area contributed by atoms with Crippen molar-refractivity contribution >= 4 is 48.5 Å². The standard InChI is InChI=1S/C16H13BrN2OS/c1-2-10-7-8-13-14(9-10)21-16(18-13)19-15(20)11-5-3-4-6-12(11)17/h3-9H,2H2,1H3,(H,18,19,20). The maximum atomic E-state index is 12.3. The summed E-state index contributed by atoms with van der Waals surface area (Å²) in [4.78, 5) is 16.7. The van der Waals surface area contributed by atoms with Gasteiger partial charge in [-0.25, -0.2) is 4.98 Å². The lowest BCUT2D eigenvalue weighted by Crippen LogP contribution is -2.12. The lowest BCUT2D eigenvalue weighted by atomic mass is 10.2. The first kappa shape index (κ1) is 14.2. The SMILES string of the molecule is CCc1ccc2nc(NC(=O)c3ccccc3Br)sc2c1. The van der Waals surface area contributed by atoms with Crippen LogP contribution in [0.5, 0.6) is 0 Å². The number of halogens is 1. The van der Waals surface area contributed by atoms with E-state index in [0.29, 0.717) is 10.7 Å². The Balaban J connectivity index is 1.88. The molecule has 1 aromatic heterocycles. The second kappa shape index (κ2) is 5.95. The van der Waals surface area contributed by atoms with Gasteiger partial charge in [0.05, 0.1) is 15.8 Å². The molecule has 3 aromatic rings. The van der Waals surface area contributed by atoms with Crippen LogP contribution in [0.3, 0.4) is 0 Å². The summed E-state index contributed by atoms with van der Waals surface area (Å²) in [5.74, 6) is -0.155. The van der Waals surface area contributed by atoms with Gasteiger partial charge in [0.1, 0.15) is 0 Å². The smallest absolute Gasteiger partial charge is 0.258 e. The quantitative estimate of drug-likeness (QED) is 0.723. The number of carbonyl (C=O) groups is 1. The number of hydrogen-bond donors (Lipinski definition) is 1. The Morgan fingerprint density at radius 2 is 2.10 bits per heavy atom. The molecule has 2 aromatic carbocycles. The van der Waals surface area contributed by atoms with Crippen molar-refractivity contribution in [1.82, 2.24) is 4.98 Å². The Morgan fingerprint density at radius 3 is 2.86 bits per heavy atom. The summed E-state index contributed by atoms with van der Waals surface area (Å²) in [6, 6.07) is 13.5. The number of nitrogens with one attached hydrogen (secondary N) is 1. The van der Waals surface area contributed by atoms with Crippen molar-refractivity contribution < 1.29 is 4.79 Å². The highest BCUT2D eigenvalue weighted by atomic mass is 79.9. The molecule has 0 bridgehead atoms. The lowest BCUT2D eigenvalue weighted by Gasteiger charge is -2.03. The molecule has 0 fully saturated rings. The number of carbonyl (C=O) groups excluding carboxylic acids is 1. The van der Waals surface area contributed by atoms with Crippen molar-refractivity contribution in [3.05, 3.63) is 58.1 Å². The third kappa shape index (κ3) is 2.99. The molecule has 0 aliphatic rings. The summed E-state index contributed by atoms with van der Waals surface area (Å²) in [7, 11) is 0. The molecule has 21 heavy (non-hydrogen) atoms. The van der Waals surface area contributed by atoms with E-state index in [2.05, 4.69) is 45.3 Å². The minimum absolute atomic E-state index is 0.155. The minimum Gasteiger partial charge on any atom is -0.298 e. The van der Waals surface area contributed by atoms with Gasteiger partial charge in [-0.3, -0.25) is 10.1 Å². The van der Waals surface area contributed by atoms with Crippen molar-refractivity contribution in [3.8, 4) is 0 Å². The third-order valence-electron chi connectivity index (χ3n) is 3.20. The fraction of sp³-hybridized carbons (Fsp3) is 0.125. The second-order valence-corrected chi connectivity index (χ2v) is 6.49. The molecule has 0 radical (unpaired) electrons. The number of amides is 1. The number of benzene rings is 2. The number of fused-ring (bicyclic) bond motifs is 1. The summed E-state index contributed by atoms with van der Waals surface area (Å²) < 4.78 is 1.87. The third-order valence-corrected chi connectivity index (χ3v) is 4.83.